The molecule has 2 heterocycles. The molecule has 1 unspecified atom stereocenters. The molecule has 1 aromatic carbocycles. The summed E-state index contributed by atoms with van der Waals surface area (Å²) in [6.07, 6.45) is -2.51. The molecule has 1 aromatic rings. The smallest absolute Gasteiger partial charge is 0.421 e. The van der Waals surface area contributed by atoms with Crippen LogP contribution in [0.3, 0.4) is 0 Å². The second-order valence-corrected chi connectivity index (χ2v) is 11.3. The minimum atomic E-state index is -1.58. The molecule has 2 aliphatic rings. The topological polar surface area (TPSA) is 106 Å². The average Bonchev–Trinajstić information content (AvgIpc) is 2.65. The number of carbonyl (C=O) groups excluding carboxylic acids is 3. The largest absolute Gasteiger partial charge is 0.475 e. The van der Waals surface area contributed by atoms with E-state index in [1.54, 1.807) is 59.7 Å². The fraction of sp³-hybridized carbons (Fsp3) is 0.609. The molecule has 10 heteroatoms. The van der Waals surface area contributed by atoms with Crippen molar-refractivity contribution in [2.24, 2.45) is 0 Å². The molecule has 9 nitrogen and oxygen atoms in total. The number of amides is 3. The maximum Gasteiger partial charge on any atom is 0.421 e. The maximum absolute atomic E-state index is 13.5. The van der Waals surface area contributed by atoms with E-state index >= 15 is 0 Å². The second kappa shape index (κ2) is 8.79. The van der Waals surface area contributed by atoms with Crippen LogP contribution in [0.2, 0.25) is 0 Å². The van der Waals surface area contributed by atoms with Crippen LogP contribution in [-0.2, 0) is 14.3 Å². The normalized spacial score (nSPS) is 20.6. The van der Waals surface area contributed by atoms with Crippen molar-refractivity contribution in [1.29, 1.82) is 0 Å². The number of benzene rings is 1. The Morgan fingerprint density at radius 3 is 2.15 bits per heavy atom. The number of hydrogen-bond donors (Lipinski definition) is 1. The van der Waals surface area contributed by atoms with Crippen LogP contribution in [0, 0.1) is 0 Å². The zero-order chi connectivity index (χ0) is 24.8. The SMILES string of the molecule is CC(C)(C)OC(=O)N1CCC(O)(C2Oc3ccc(Br)cc3N(C(=O)OC(C)(C)C)C2=O)CC1. The van der Waals surface area contributed by atoms with Gasteiger partial charge in [-0.2, -0.15) is 0 Å². The van der Waals surface area contributed by atoms with Gasteiger partial charge in [0.2, 0.25) is 6.10 Å². The van der Waals surface area contributed by atoms with Crippen molar-refractivity contribution >= 4 is 39.7 Å². The highest BCUT2D eigenvalue weighted by molar-refractivity contribution is 9.10. The van der Waals surface area contributed by atoms with Gasteiger partial charge in [0.05, 0.1) is 5.69 Å². The number of aliphatic hydroxyl groups is 1. The number of halogens is 1. The summed E-state index contributed by atoms with van der Waals surface area (Å²) in [5, 5.41) is 11.4. The van der Waals surface area contributed by atoms with Crippen molar-refractivity contribution in [2.75, 3.05) is 18.0 Å². The molecule has 1 atom stereocenters. The van der Waals surface area contributed by atoms with E-state index in [0.29, 0.717) is 4.47 Å². The number of carbonyl (C=O) groups is 3. The number of piperidine rings is 1. The molecule has 182 valence electrons. The quantitative estimate of drug-likeness (QED) is 0.583. The van der Waals surface area contributed by atoms with Gasteiger partial charge < -0.3 is 24.2 Å². The molecular weight excluding hydrogens is 496 g/mol. The highest BCUT2D eigenvalue weighted by atomic mass is 79.9. The van der Waals surface area contributed by atoms with E-state index in [1.165, 1.54) is 4.90 Å². The molecule has 0 aromatic heterocycles. The molecular formula is C23H31BrN2O7. The Labute approximate surface area is 202 Å². The van der Waals surface area contributed by atoms with Crippen LogP contribution >= 0.6 is 15.9 Å². The minimum Gasteiger partial charge on any atom is -0.475 e. The summed E-state index contributed by atoms with van der Waals surface area (Å²) in [4.78, 5) is 41.2. The van der Waals surface area contributed by atoms with Crippen molar-refractivity contribution in [3.05, 3.63) is 22.7 Å². The molecule has 3 rings (SSSR count). The Balaban J connectivity index is 1.85. The number of rotatable bonds is 1. The van der Waals surface area contributed by atoms with Crippen LogP contribution in [0.25, 0.3) is 0 Å². The van der Waals surface area contributed by atoms with Crippen LogP contribution in [-0.4, -0.2) is 64.1 Å². The fourth-order valence-electron chi connectivity index (χ4n) is 3.68. The Hall–Kier alpha value is -2.33. The minimum absolute atomic E-state index is 0.0800. The van der Waals surface area contributed by atoms with Crippen LogP contribution in [0.5, 0.6) is 5.75 Å². The highest BCUT2D eigenvalue weighted by Gasteiger charge is 2.52. The lowest BCUT2D eigenvalue weighted by atomic mass is 9.84. The number of ether oxygens (including phenoxy) is 3. The molecule has 0 aliphatic carbocycles. The van der Waals surface area contributed by atoms with Gasteiger partial charge in [0.25, 0.3) is 5.91 Å². The first-order valence-electron chi connectivity index (χ1n) is 10.8. The fourth-order valence-corrected chi connectivity index (χ4v) is 4.03. The van der Waals surface area contributed by atoms with Crippen molar-refractivity contribution in [2.45, 2.75) is 77.3 Å². The summed E-state index contributed by atoms with van der Waals surface area (Å²) in [5.74, 6) is -0.445. The second-order valence-electron chi connectivity index (χ2n) is 10.3. The molecule has 3 amide bonds. The van der Waals surface area contributed by atoms with Crippen LogP contribution in [0.1, 0.15) is 54.4 Å². The van der Waals surface area contributed by atoms with E-state index in [9.17, 15) is 19.5 Å². The zero-order valence-electron chi connectivity index (χ0n) is 19.8. The van der Waals surface area contributed by atoms with Gasteiger partial charge in [0.1, 0.15) is 22.6 Å². The maximum atomic E-state index is 13.5. The lowest BCUT2D eigenvalue weighted by Crippen LogP contribution is -2.63. The van der Waals surface area contributed by atoms with Gasteiger partial charge >= 0.3 is 12.2 Å². The lowest BCUT2D eigenvalue weighted by Gasteiger charge is -2.44. The molecule has 1 saturated heterocycles. The van der Waals surface area contributed by atoms with Crippen LogP contribution in [0.4, 0.5) is 15.3 Å². The Morgan fingerprint density at radius 1 is 1.06 bits per heavy atom. The first kappa shape index (κ1) is 25.3. The number of fused-ring (bicyclic) bond motifs is 1. The Bertz CT molecular complexity index is 943. The monoisotopic (exact) mass is 526 g/mol. The first-order valence-corrected chi connectivity index (χ1v) is 11.6. The predicted octanol–water partition coefficient (Wildman–Crippen LogP) is 4.24. The molecule has 0 spiro atoms. The molecule has 0 radical (unpaired) electrons. The number of hydrogen-bond acceptors (Lipinski definition) is 7. The Morgan fingerprint density at radius 2 is 1.61 bits per heavy atom. The van der Waals surface area contributed by atoms with Gasteiger partial charge in [-0.05, 0) is 72.6 Å². The molecule has 1 N–H and O–H groups in total. The van der Waals surface area contributed by atoms with E-state index in [-0.39, 0.29) is 37.4 Å². The molecule has 1 fully saturated rings. The van der Waals surface area contributed by atoms with Gasteiger partial charge in [0.15, 0.2) is 0 Å². The summed E-state index contributed by atoms with van der Waals surface area (Å²) in [6.45, 7) is 10.8. The third kappa shape index (κ3) is 5.78. The van der Waals surface area contributed by atoms with E-state index in [4.69, 9.17) is 14.2 Å². The van der Waals surface area contributed by atoms with Gasteiger partial charge in [0, 0.05) is 17.6 Å². The highest BCUT2D eigenvalue weighted by Crippen LogP contribution is 2.41. The predicted molar refractivity (Wildman–Crippen MR) is 124 cm³/mol. The van der Waals surface area contributed by atoms with Crippen molar-refractivity contribution < 1.29 is 33.7 Å². The van der Waals surface area contributed by atoms with Crippen molar-refractivity contribution in [3.8, 4) is 5.75 Å². The Kier molecular flexibility index (Phi) is 6.74. The number of imide groups is 1. The van der Waals surface area contributed by atoms with E-state index < -0.39 is 41.0 Å². The molecule has 33 heavy (non-hydrogen) atoms. The zero-order valence-corrected chi connectivity index (χ0v) is 21.4. The summed E-state index contributed by atoms with van der Waals surface area (Å²) >= 11 is 3.35. The third-order valence-electron chi connectivity index (χ3n) is 5.20. The van der Waals surface area contributed by atoms with Gasteiger partial charge in [-0.1, -0.05) is 15.9 Å². The standard InChI is InChI=1S/C23H31BrN2O7/c1-21(2,3)32-19(28)25-11-9-23(30,10-12-25)17-18(27)26(20(29)33-22(4,5)6)15-13-14(24)7-8-16(15)31-17/h7-8,13,17,30H,9-12H2,1-6H3. The lowest BCUT2D eigenvalue weighted by molar-refractivity contribution is -0.146. The summed E-state index contributed by atoms with van der Waals surface area (Å²) in [6, 6.07) is 4.92. The van der Waals surface area contributed by atoms with E-state index in [0.717, 1.165) is 4.90 Å². The van der Waals surface area contributed by atoms with Crippen LogP contribution < -0.4 is 9.64 Å². The summed E-state index contributed by atoms with van der Waals surface area (Å²) < 4.78 is 17.4. The number of nitrogens with zero attached hydrogens (tertiary/aromatic N) is 2. The van der Waals surface area contributed by atoms with Gasteiger partial charge in [-0.3, -0.25) is 4.79 Å². The number of anilines is 1. The van der Waals surface area contributed by atoms with E-state index in [1.807, 2.05) is 0 Å². The van der Waals surface area contributed by atoms with Crippen LogP contribution in [0.15, 0.2) is 22.7 Å². The average molecular weight is 527 g/mol. The van der Waals surface area contributed by atoms with Gasteiger partial charge in [-0.25, -0.2) is 14.5 Å². The summed E-state index contributed by atoms with van der Waals surface area (Å²) in [7, 11) is 0. The molecule has 2 aliphatic heterocycles. The third-order valence-corrected chi connectivity index (χ3v) is 5.69. The van der Waals surface area contributed by atoms with Crippen molar-refractivity contribution in [1.82, 2.24) is 4.90 Å². The first-order chi connectivity index (χ1) is 15.1. The number of likely N-dealkylation sites (tertiary alicyclic amines) is 1. The molecule has 0 bridgehead atoms. The van der Waals surface area contributed by atoms with E-state index in [2.05, 4.69) is 15.9 Å². The molecule has 0 saturated carbocycles. The van der Waals surface area contributed by atoms with Crippen molar-refractivity contribution in [3.63, 3.8) is 0 Å². The summed E-state index contributed by atoms with van der Waals surface area (Å²) in [5.41, 5.74) is -2.82. The van der Waals surface area contributed by atoms with Gasteiger partial charge in [-0.15, -0.1) is 0 Å².